The molecule has 0 saturated carbocycles. The molecular formula is C34H43N3O5. The van der Waals surface area contributed by atoms with Gasteiger partial charge in [-0.1, -0.05) is 73.7 Å². The Morgan fingerprint density at radius 1 is 0.905 bits per heavy atom. The van der Waals surface area contributed by atoms with Crippen LogP contribution in [0.3, 0.4) is 0 Å². The number of phenolic OH excluding ortho intramolecular Hbond substituents is 1. The topological polar surface area (TPSA) is 108 Å². The number of amides is 3. The minimum absolute atomic E-state index is 0.0664. The molecule has 0 aliphatic carbocycles. The lowest BCUT2D eigenvalue weighted by Gasteiger charge is -2.38. The number of alkyl carbamates (subject to hydrolysis) is 1. The molecule has 0 radical (unpaired) electrons. The highest BCUT2D eigenvalue weighted by atomic mass is 16.6. The number of para-hydroxylation sites is 2. The molecule has 8 heteroatoms. The van der Waals surface area contributed by atoms with Crippen LogP contribution in [0.25, 0.3) is 0 Å². The van der Waals surface area contributed by atoms with Crippen LogP contribution in [-0.4, -0.2) is 45.6 Å². The summed E-state index contributed by atoms with van der Waals surface area (Å²) in [5.41, 5.74) is 2.38. The van der Waals surface area contributed by atoms with Crippen LogP contribution in [0.5, 0.6) is 5.75 Å². The van der Waals surface area contributed by atoms with E-state index in [1.54, 1.807) is 52.0 Å². The highest BCUT2D eigenvalue weighted by Gasteiger charge is 2.40. The fourth-order valence-electron chi connectivity index (χ4n) is 4.71. The molecule has 3 amide bonds. The Morgan fingerprint density at radius 2 is 1.52 bits per heavy atom. The monoisotopic (exact) mass is 573 g/mol. The molecule has 0 fully saturated rings. The third kappa shape index (κ3) is 8.35. The van der Waals surface area contributed by atoms with Crippen molar-refractivity contribution >= 4 is 23.6 Å². The predicted octanol–water partition coefficient (Wildman–Crippen LogP) is 6.45. The van der Waals surface area contributed by atoms with Gasteiger partial charge in [-0.15, -0.1) is 0 Å². The standard InChI is InChI=1S/C34H43N3O5/c1-8-24(4)37(32(40)28(21-25-17-10-9-11-18-25)36-33(41)42-34(5,6)7)29(26-19-14-16-23(3)30(26)38)31(39)35-27-20-13-12-15-22(27)2/h9-20,24,28-29,38H,8,21H2,1-7H3,(H,35,39)(H,36,41). The van der Waals surface area contributed by atoms with Gasteiger partial charge in [0, 0.05) is 23.7 Å². The van der Waals surface area contributed by atoms with Crippen molar-refractivity contribution in [2.24, 2.45) is 0 Å². The second-order valence-corrected chi connectivity index (χ2v) is 11.6. The smallest absolute Gasteiger partial charge is 0.408 e. The maximum Gasteiger partial charge on any atom is 0.408 e. The van der Waals surface area contributed by atoms with Crippen molar-refractivity contribution in [3.05, 3.63) is 95.1 Å². The van der Waals surface area contributed by atoms with Gasteiger partial charge in [-0.05, 0) is 70.7 Å². The number of nitrogens with one attached hydrogen (secondary N) is 2. The van der Waals surface area contributed by atoms with Gasteiger partial charge in [-0.25, -0.2) is 4.79 Å². The Hall–Kier alpha value is -4.33. The molecule has 3 aromatic rings. The van der Waals surface area contributed by atoms with Crippen LogP contribution in [0, 0.1) is 13.8 Å². The van der Waals surface area contributed by atoms with Gasteiger partial charge < -0.3 is 25.4 Å². The molecule has 0 saturated heterocycles. The van der Waals surface area contributed by atoms with Crippen LogP contribution < -0.4 is 10.6 Å². The normalized spacial score (nSPS) is 13.4. The lowest BCUT2D eigenvalue weighted by molar-refractivity contribution is -0.143. The second kappa shape index (κ2) is 14.0. The van der Waals surface area contributed by atoms with E-state index in [-0.39, 0.29) is 12.2 Å². The van der Waals surface area contributed by atoms with Crippen molar-refractivity contribution in [2.75, 3.05) is 5.32 Å². The van der Waals surface area contributed by atoms with Gasteiger partial charge in [0.15, 0.2) is 0 Å². The molecule has 3 atom stereocenters. The summed E-state index contributed by atoms with van der Waals surface area (Å²) < 4.78 is 5.50. The van der Waals surface area contributed by atoms with E-state index in [1.807, 2.05) is 69.3 Å². The largest absolute Gasteiger partial charge is 0.507 e. The number of carbonyl (C=O) groups is 3. The van der Waals surface area contributed by atoms with Gasteiger partial charge in [0.25, 0.3) is 5.91 Å². The first-order valence-corrected chi connectivity index (χ1v) is 14.3. The zero-order chi connectivity index (χ0) is 31.0. The minimum atomic E-state index is -1.19. The summed E-state index contributed by atoms with van der Waals surface area (Å²) >= 11 is 0. The molecule has 3 aromatic carbocycles. The van der Waals surface area contributed by atoms with E-state index in [0.717, 1.165) is 11.1 Å². The van der Waals surface area contributed by atoms with Gasteiger partial charge >= 0.3 is 6.09 Å². The van der Waals surface area contributed by atoms with E-state index >= 15 is 0 Å². The zero-order valence-electron chi connectivity index (χ0n) is 25.6. The van der Waals surface area contributed by atoms with Crippen molar-refractivity contribution in [3.63, 3.8) is 0 Å². The van der Waals surface area contributed by atoms with Crippen molar-refractivity contribution in [2.45, 2.75) is 85.0 Å². The zero-order valence-corrected chi connectivity index (χ0v) is 25.6. The first-order valence-electron chi connectivity index (χ1n) is 14.3. The number of rotatable bonds is 10. The number of carbonyl (C=O) groups excluding carboxylic acids is 3. The van der Waals surface area contributed by atoms with Gasteiger partial charge in [0.05, 0.1) is 0 Å². The highest BCUT2D eigenvalue weighted by Crippen LogP contribution is 2.35. The summed E-state index contributed by atoms with van der Waals surface area (Å²) in [6.45, 7) is 12.6. The number of ether oxygens (including phenoxy) is 1. The van der Waals surface area contributed by atoms with Crippen molar-refractivity contribution < 1.29 is 24.2 Å². The molecule has 224 valence electrons. The van der Waals surface area contributed by atoms with Crippen molar-refractivity contribution in [1.82, 2.24) is 10.2 Å². The van der Waals surface area contributed by atoms with Crippen molar-refractivity contribution in [3.8, 4) is 5.75 Å². The quantitative estimate of drug-likeness (QED) is 0.258. The van der Waals surface area contributed by atoms with Gasteiger partial charge in [0.2, 0.25) is 5.91 Å². The van der Waals surface area contributed by atoms with Crippen molar-refractivity contribution in [1.29, 1.82) is 0 Å². The number of benzene rings is 3. The summed E-state index contributed by atoms with van der Waals surface area (Å²) in [6, 6.07) is 19.2. The van der Waals surface area contributed by atoms with Crippen LogP contribution in [-0.2, 0) is 20.7 Å². The van der Waals surface area contributed by atoms with E-state index in [4.69, 9.17) is 4.74 Å². The number of aryl methyl sites for hydroxylation is 2. The summed E-state index contributed by atoms with van der Waals surface area (Å²) in [4.78, 5) is 43.2. The maximum atomic E-state index is 14.6. The summed E-state index contributed by atoms with van der Waals surface area (Å²) in [6.07, 6.45) is -0.0328. The number of hydrogen-bond donors (Lipinski definition) is 3. The summed E-state index contributed by atoms with van der Waals surface area (Å²) in [5, 5.41) is 16.9. The maximum absolute atomic E-state index is 14.6. The Kier molecular flexibility index (Phi) is 10.8. The lowest BCUT2D eigenvalue weighted by Crippen LogP contribution is -2.55. The molecule has 3 rings (SSSR count). The number of anilines is 1. The van der Waals surface area contributed by atoms with E-state index in [0.29, 0.717) is 23.2 Å². The number of nitrogens with zero attached hydrogens (tertiary/aromatic N) is 1. The molecule has 8 nitrogen and oxygen atoms in total. The van der Waals surface area contributed by atoms with Gasteiger partial charge in [-0.2, -0.15) is 0 Å². The van der Waals surface area contributed by atoms with Crippen LogP contribution in [0.2, 0.25) is 0 Å². The minimum Gasteiger partial charge on any atom is -0.507 e. The van der Waals surface area contributed by atoms with E-state index in [2.05, 4.69) is 10.6 Å². The molecule has 0 spiro atoms. The van der Waals surface area contributed by atoms with Crippen LogP contribution in [0.4, 0.5) is 10.5 Å². The van der Waals surface area contributed by atoms with Gasteiger partial charge in [-0.3, -0.25) is 9.59 Å². The Balaban J connectivity index is 2.13. The molecule has 0 aromatic heterocycles. The summed E-state index contributed by atoms with van der Waals surface area (Å²) in [5.74, 6) is -1.01. The predicted molar refractivity (Wildman–Crippen MR) is 165 cm³/mol. The first kappa shape index (κ1) is 32.2. The number of aromatic hydroxyl groups is 1. The molecule has 0 aliphatic heterocycles. The fraction of sp³-hybridized carbons (Fsp3) is 0.382. The molecule has 3 N–H and O–H groups in total. The third-order valence-electron chi connectivity index (χ3n) is 7.08. The van der Waals surface area contributed by atoms with Crippen LogP contribution >= 0.6 is 0 Å². The third-order valence-corrected chi connectivity index (χ3v) is 7.08. The van der Waals surface area contributed by atoms with Gasteiger partial charge in [0.1, 0.15) is 23.4 Å². The van der Waals surface area contributed by atoms with E-state index < -0.39 is 41.6 Å². The number of phenols is 1. The Bertz CT molecular complexity index is 1380. The molecular weight excluding hydrogens is 530 g/mol. The molecule has 0 aliphatic rings. The fourth-order valence-corrected chi connectivity index (χ4v) is 4.71. The van der Waals surface area contributed by atoms with E-state index in [9.17, 15) is 19.5 Å². The highest BCUT2D eigenvalue weighted by molar-refractivity contribution is 6.00. The number of hydrogen-bond acceptors (Lipinski definition) is 5. The molecule has 0 heterocycles. The average Bonchev–Trinajstić information content (AvgIpc) is 2.93. The first-order chi connectivity index (χ1) is 19.8. The molecule has 3 unspecified atom stereocenters. The second-order valence-electron chi connectivity index (χ2n) is 11.6. The summed E-state index contributed by atoms with van der Waals surface area (Å²) in [7, 11) is 0. The Labute approximate surface area is 249 Å². The van der Waals surface area contributed by atoms with Crippen LogP contribution in [0.1, 0.15) is 69.3 Å². The molecule has 42 heavy (non-hydrogen) atoms. The Morgan fingerprint density at radius 3 is 2.14 bits per heavy atom. The SMILES string of the molecule is CCC(C)N(C(=O)C(Cc1ccccc1)NC(=O)OC(C)(C)C)C(C(=O)Nc1ccccc1C)c1cccc(C)c1O. The van der Waals surface area contributed by atoms with E-state index in [1.165, 1.54) is 4.90 Å². The van der Waals surface area contributed by atoms with Crippen LogP contribution in [0.15, 0.2) is 72.8 Å². The lowest BCUT2D eigenvalue weighted by atomic mass is 9.96. The average molecular weight is 574 g/mol. The molecule has 0 bridgehead atoms.